The van der Waals surface area contributed by atoms with E-state index in [2.05, 4.69) is 26.2 Å². The smallest absolute Gasteiger partial charge is 0.312 e. The fourth-order valence-electron chi connectivity index (χ4n) is 1.98. The van der Waals surface area contributed by atoms with Crippen molar-refractivity contribution in [2.45, 2.75) is 25.3 Å². The molecule has 0 saturated carbocycles. The third-order valence-electron chi connectivity index (χ3n) is 2.89. The fourth-order valence-corrected chi connectivity index (χ4v) is 2.30. The minimum atomic E-state index is -0.437. The van der Waals surface area contributed by atoms with Gasteiger partial charge >= 0.3 is 5.69 Å². The molecule has 0 aromatic carbocycles. The van der Waals surface area contributed by atoms with Gasteiger partial charge in [0.25, 0.3) is 0 Å². The number of anilines is 1. The van der Waals surface area contributed by atoms with Crippen molar-refractivity contribution >= 4 is 27.4 Å². The maximum absolute atomic E-state index is 11.0. The third-order valence-corrected chi connectivity index (χ3v) is 3.32. The average Bonchev–Trinajstić information content (AvgIpc) is 2.32. The Morgan fingerprint density at radius 3 is 3.06 bits per heavy atom. The van der Waals surface area contributed by atoms with Crippen LogP contribution in [-0.2, 0) is 4.74 Å². The van der Waals surface area contributed by atoms with Crippen molar-refractivity contribution in [1.82, 2.24) is 4.98 Å². The van der Waals surface area contributed by atoms with Crippen molar-refractivity contribution in [3.63, 3.8) is 0 Å². The molecule has 18 heavy (non-hydrogen) atoms. The summed E-state index contributed by atoms with van der Waals surface area (Å²) in [6, 6.07) is 1.45. The standard InChI is InChI=1S/C11H14BrN3O3/c1-11(3-2-4-18-7-11)14-10-9(15(16)17)5-8(12)6-13-10/h5-6H,2-4,7H2,1H3,(H,13,14). The Morgan fingerprint density at radius 1 is 1.67 bits per heavy atom. The summed E-state index contributed by atoms with van der Waals surface area (Å²) < 4.78 is 6.00. The molecule has 0 bridgehead atoms. The first-order valence-electron chi connectivity index (χ1n) is 5.66. The minimum absolute atomic E-state index is 0.0313. The van der Waals surface area contributed by atoms with Gasteiger partial charge in [-0.2, -0.15) is 0 Å². The third kappa shape index (κ3) is 2.97. The van der Waals surface area contributed by atoms with Crippen LogP contribution in [0.1, 0.15) is 19.8 Å². The number of hydrogen-bond acceptors (Lipinski definition) is 5. The molecule has 6 nitrogen and oxygen atoms in total. The summed E-state index contributed by atoms with van der Waals surface area (Å²) in [5, 5.41) is 14.1. The van der Waals surface area contributed by atoms with Crippen molar-refractivity contribution < 1.29 is 9.66 Å². The molecular weight excluding hydrogens is 302 g/mol. The van der Waals surface area contributed by atoms with Gasteiger partial charge in [0, 0.05) is 23.3 Å². The SMILES string of the molecule is CC1(Nc2ncc(Br)cc2[N+](=O)[O-])CCCOC1. The molecule has 1 aliphatic rings. The Labute approximate surface area is 113 Å². The van der Waals surface area contributed by atoms with Crippen molar-refractivity contribution in [1.29, 1.82) is 0 Å². The molecule has 2 heterocycles. The van der Waals surface area contributed by atoms with Gasteiger partial charge in [-0.05, 0) is 35.7 Å². The van der Waals surface area contributed by atoms with E-state index in [1.54, 1.807) is 6.20 Å². The summed E-state index contributed by atoms with van der Waals surface area (Å²) in [6.45, 7) is 3.26. The maximum atomic E-state index is 11.0. The van der Waals surface area contributed by atoms with Gasteiger partial charge in [-0.1, -0.05) is 0 Å². The molecule has 7 heteroatoms. The monoisotopic (exact) mass is 315 g/mol. The van der Waals surface area contributed by atoms with E-state index in [9.17, 15) is 10.1 Å². The molecule has 2 rings (SSSR count). The topological polar surface area (TPSA) is 77.3 Å². The Kier molecular flexibility index (Phi) is 3.82. The van der Waals surface area contributed by atoms with E-state index in [-0.39, 0.29) is 17.0 Å². The Hall–Kier alpha value is -1.21. The average molecular weight is 316 g/mol. The number of nitro groups is 1. The number of rotatable bonds is 3. The number of aromatic nitrogens is 1. The first-order chi connectivity index (χ1) is 8.50. The summed E-state index contributed by atoms with van der Waals surface area (Å²) in [7, 11) is 0. The summed E-state index contributed by atoms with van der Waals surface area (Å²) in [5.41, 5.74) is -0.333. The second kappa shape index (κ2) is 5.19. The van der Waals surface area contributed by atoms with E-state index in [0.29, 0.717) is 11.1 Å². The number of pyridine rings is 1. The van der Waals surface area contributed by atoms with E-state index in [1.165, 1.54) is 6.07 Å². The lowest BCUT2D eigenvalue weighted by Crippen LogP contribution is -2.43. The van der Waals surface area contributed by atoms with Crippen LogP contribution in [0.2, 0.25) is 0 Å². The summed E-state index contributed by atoms with van der Waals surface area (Å²) in [5.74, 6) is 0.288. The second-order valence-electron chi connectivity index (χ2n) is 4.62. The van der Waals surface area contributed by atoms with Gasteiger partial charge in [0.05, 0.1) is 17.1 Å². The number of halogens is 1. The van der Waals surface area contributed by atoms with Crippen LogP contribution in [0.15, 0.2) is 16.7 Å². The van der Waals surface area contributed by atoms with Crippen LogP contribution < -0.4 is 5.32 Å². The van der Waals surface area contributed by atoms with E-state index >= 15 is 0 Å². The largest absolute Gasteiger partial charge is 0.379 e. The summed E-state index contributed by atoms with van der Waals surface area (Å²) in [6.07, 6.45) is 3.39. The Morgan fingerprint density at radius 2 is 2.44 bits per heavy atom. The van der Waals surface area contributed by atoms with Gasteiger partial charge in [0.15, 0.2) is 0 Å². The lowest BCUT2D eigenvalue weighted by molar-refractivity contribution is -0.384. The first-order valence-corrected chi connectivity index (χ1v) is 6.45. The predicted molar refractivity (Wildman–Crippen MR) is 70.7 cm³/mol. The van der Waals surface area contributed by atoms with Crippen LogP contribution in [-0.4, -0.2) is 28.7 Å². The van der Waals surface area contributed by atoms with Crippen LogP contribution in [0.5, 0.6) is 0 Å². The highest BCUT2D eigenvalue weighted by Gasteiger charge is 2.30. The molecular formula is C11H14BrN3O3. The zero-order valence-corrected chi connectivity index (χ0v) is 11.6. The van der Waals surface area contributed by atoms with Crippen molar-refractivity contribution in [3.05, 3.63) is 26.9 Å². The molecule has 0 spiro atoms. The van der Waals surface area contributed by atoms with Crippen molar-refractivity contribution in [3.8, 4) is 0 Å². The summed E-state index contributed by atoms with van der Waals surface area (Å²) in [4.78, 5) is 14.6. The molecule has 1 saturated heterocycles. The molecule has 1 atom stereocenters. The molecule has 1 aliphatic heterocycles. The molecule has 1 aromatic heterocycles. The molecule has 1 unspecified atom stereocenters. The maximum Gasteiger partial charge on any atom is 0.312 e. The van der Waals surface area contributed by atoms with E-state index in [0.717, 1.165) is 19.4 Å². The number of nitrogens with zero attached hydrogens (tertiary/aromatic N) is 2. The van der Waals surface area contributed by atoms with E-state index in [1.807, 2.05) is 6.92 Å². The minimum Gasteiger partial charge on any atom is -0.379 e. The van der Waals surface area contributed by atoms with Crippen LogP contribution in [0.25, 0.3) is 0 Å². The fraction of sp³-hybridized carbons (Fsp3) is 0.545. The molecule has 98 valence electrons. The van der Waals surface area contributed by atoms with Gasteiger partial charge in [-0.3, -0.25) is 10.1 Å². The van der Waals surface area contributed by atoms with Crippen molar-refractivity contribution in [2.75, 3.05) is 18.5 Å². The van der Waals surface area contributed by atoms with E-state index < -0.39 is 4.92 Å². The highest BCUT2D eigenvalue weighted by Crippen LogP contribution is 2.30. The Bertz CT molecular complexity index is 461. The second-order valence-corrected chi connectivity index (χ2v) is 5.54. The van der Waals surface area contributed by atoms with Gasteiger partial charge in [0.1, 0.15) is 0 Å². The number of hydrogen-bond donors (Lipinski definition) is 1. The number of nitrogens with one attached hydrogen (secondary N) is 1. The zero-order chi connectivity index (χ0) is 13.2. The van der Waals surface area contributed by atoms with Gasteiger partial charge in [0.2, 0.25) is 5.82 Å². The molecule has 0 radical (unpaired) electrons. The van der Waals surface area contributed by atoms with Gasteiger partial charge in [-0.15, -0.1) is 0 Å². The molecule has 1 N–H and O–H groups in total. The van der Waals surface area contributed by atoms with Crippen molar-refractivity contribution in [2.24, 2.45) is 0 Å². The lowest BCUT2D eigenvalue weighted by atomic mass is 9.95. The lowest BCUT2D eigenvalue weighted by Gasteiger charge is -2.34. The summed E-state index contributed by atoms with van der Waals surface area (Å²) >= 11 is 3.18. The highest BCUT2D eigenvalue weighted by molar-refractivity contribution is 9.10. The highest BCUT2D eigenvalue weighted by atomic mass is 79.9. The molecule has 0 aliphatic carbocycles. The zero-order valence-electron chi connectivity index (χ0n) is 9.98. The van der Waals surface area contributed by atoms with Gasteiger partial charge in [-0.25, -0.2) is 4.98 Å². The first kappa shape index (κ1) is 13.2. The normalized spacial score (nSPS) is 23.7. The predicted octanol–water partition coefficient (Wildman–Crippen LogP) is 2.73. The van der Waals surface area contributed by atoms with Crippen LogP contribution in [0.4, 0.5) is 11.5 Å². The number of ether oxygens (including phenoxy) is 1. The van der Waals surface area contributed by atoms with Crippen LogP contribution in [0.3, 0.4) is 0 Å². The quantitative estimate of drug-likeness (QED) is 0.685. The molecule has 0 amide bonds. The van der Waals surface area contributed by atoms with Gasteiger partial charge < -0.3 is 10.1 Å². The van der Waals surface area contributed by atoms with Crippen LogP contribution >= 0.6 is 15.9 Å². The Balaban J connectivity index is 2.25. The van der Waals surface area contributed by atoms with Crippen LogP contribution in [0, 0.1) is 10.1 Å². The molecule has 1 fully saturated rings. The molecule has 1 aromatic rings. The van der Waals surface area contributed by atoms with E-state index in [4.69, 9.17) is 4.74 Å².